The van der Waals surface area contributed by atoms with E-state index in [0.29, 0.717) is 10.2 Å². The Kier molecular flexibility index (Phi) is 3.11. The van der Waals surface area contributed by atoms with Gasteiger partial charge in [-0.15, -0.1) is 0 Å². The van der Waals surface area contributed by atoms with E-state index in [1.54, 1.807) is 0 Å². The minimum absolute atomic E-state index is 0.137. The average molecular weight is 303 g/mol. The number of halogens is 3. The average Bonchev–Trinajstić information content (AvgIpc) is 2.24. The molecule has 0 spiro atoms. The van der Waals surface area contributed by atoms with Crippen LogP contribution in [0.4, 0.5) is 8.78 Å². The Morgan fingerprint density at radius 1 is 1.31 bits per heavy atom. The number of aromatic amines is 1. The lowest BCUT2D eigenvalue weighted by Crippen LogP contribution is -1.93. The van der Waals surface area contributed by atoms with E-state index in [-0.39, 0.29) is 10.0 Å². The van der Waals surface area contributed by atoms with Crippen molar-refractivity contribution in [3.05, 3.63) is 45.1 Å². The molecule has 6 heteroatoms. The molecule has 1 aromatic carbocycles. The van der Waals surface area contributed by atoms with Crippen LogP contribution in [0.5, 0.6) is 0 Å². The van der Waals surface area contributed by atoms with Crippen LogP contribution in [0.25, 0.3) is 11.1 Å². The van der Waals surface area contributed by atoms with Gasteiger partial charge in [-0.3, -0.25) is 5.10 Å². The Morgan fingerprint density at radius 2 is 2.06 bits per heavy atom. The second kappa shape index (κ2) is 4.39. The Morgan fingerprint density at radius 3 is 2.75 bits per heavy atom. The lowest BCUT2D eigenvalue weighted by molar-refractivity contribution is 0.585. The van der Waals surface area contributed by atoms with Gasteiger partial charge in [0.2, 0.25) is 0 Å². The number of nitrogens with zero attached hydrogens (tertiary/aromatic N) is 1. The lowest BCUT2D eigenvalue weighted by Gasteiger charge is -2.05. The summed E-state index contributed by atoms with van der Waals surface area (Å²) in [4.78, 5) is 0. The summed E-state index contributed by atoms with van der Waals surface area (Å²) in [6.45, 7) is 0. The molecule has 0 saturated heterocycles. The standard InChI is InChI=1S/C10H5BrF2N2S/c11-6-1-2-7(12)9(10(6)13)5-3-8(16)15-14-4-5/h1-4H,(H,15,16). The maximum atomic E-state index is 13.7. The molecule has 0 saturated carbocycles. The van der Waals surface area contributed by atoms with Gasteiger partial charge in [-0.05, 0) is 34.1 Å². The van der Waals surface area contributed by atoms with Gasteiger partial charge in [0.1, 0.15) is 16.3 Å². The normalized spacial score (nSPS) is 10.4. The van der Waals surface area contributed by atoms with E-state index in [0.717, 1.165) is 0 Å². The Bertz CT molecular complexity index is 598. The molecule has 0 aliphatic rings. The molecule has 2 nitrogen and oxygen atoms in total. The molecular formula is C10H5BrF2N2S. The zero-order valence-corrected chi connectivity index (χ0v) is 10.2. The fourth-order valence-electron chi connectivity index (χ4n) is 1.30. The van der Waals surface area contributed by atoms with Gasteiger partial charge in [0, 0.05) is 5.56 Å². The van der Waals surface area contributed by atoms with Crippen LogP contribution < -0.4 is 0 Å². The zero-order valence-electron chi connectivity index (χ0n) is 7.80. The van der Waals surface area contributed by atoms with Gasteiger partial charge in [-0.1, -0.05) is 12.2 Å². The predicted molar refractivity (Wildman–Crippen MR) is 62.5 cm³/mol. The maximum Gasteiger partial charge on any atom is 0.148 e. The van der Waals surface area contributed by atoms with Crippen LogP contribution in [0.1, 0.15) is 0 Å². The van der Waals surface area contributed by atoms with Crippen LogP contribution in [0.2, 0.25) is 0 Å². The van der Waals surface area contributed by atoms with Crippen LogP contribution in [-0.4, -0.2) is 10.2 Å². The molecule has 0 aliphatic carbocycles. The summed E-state index contributed by atoms with van der Waals surface area (Å²) in [5.41, 5.74) is 0.169. The summed E-state index contributed by atoms with van der Waals surface area (Å²) in [5.74, 6) is -1.31. The van der Waals surface area contributed by atoms with E-state index in [4.69, 9.17) is 12.2 Å². The highest BCUT2D eigenvalue weighted by Crippen LogP contribution is 2.29. The molecule has 1 heterocycles. The highest BCUT2D eigenvalue weighted by Gasteiger charge is 2.14. The molecule has 2 aromatic rings. The van der Waals surface area contributed by atoms with Gasteiger partial charge < -0.3 is 0 Å². The van der Waals surface area contributed by atoms with Gasteiger partial charge in [-0.2, -0.15) is 5.10 Å². The molecule has 2 rings (SSSR count). The number of H-pyrrole nitrogens is 1. The summed E-state index contributed by atoms with van der Waals surface area (Å²) >= 11 is 7.84. The van der Waals surface area contributed by atoms with E-state index in [2.05, 4.69) is 26.1 Å². The molecule has 0 radical (unpaired) electrons. The topological polar surface area (TPSA) is 28.7 Å². The van der Waals surface area contributed by atoms with E-state index in [1.165, 1.54) is 24.4 Å². The monoisotopic (exact) mass is 302 g/mol. The van der Waals surface area contributed by atoms with Gasteiger partial charge >= 0.3 is 0 Å². The first-order valence-corrected chi connectivity index (χ1v) is 5.48. The third-order valence-corrected chi connectivity index (χ3v) is 2.82. The molecular weight excluding hydrogens is 298 g/mol. The van der Waals surface area contributed by atoms with Crippen molar-refractivity contribution in [3.63, 3.8) is 0 Å². The number of rotatable bonds is 1. The fourth-order valence-corrected chi connectivity index (χ4v) is 1.81. The van der Waals surface area contributed by atoms with Crippen LogP contribution in [0, 0.1) is 16.3 Å². The molecule has 16 heavy (non-hydrogen) atoms. The minimum Gasteiger partial charge on any atom is -0.268 e. The summed E-state index contributed by atoms with van der Waals surface area (Å²) in [7, 11) is 0. The van der Waals surface area contributed by atoms with Crippen molar-refractivity contribution in [1.29, 1.82) is 0 Å². The van der Waals surface area contributed by atoms with Crippen LogP contribution in [0.15, 0.2) is 28.9 Å². The molecule has 0 bridgehead atoms. The fraction of sp³-hybridized carbons (Fsp3) is 0. The zero-order chi connectivity index (χ0) is 11.7. The SMILES string of the molecule is Fc1ccc(Br)c(F)c1-c1cn[nH]c(=S)c1. The Balaban J connectivity index is 2.73. The molecule has 82 valence electrons. The minimum atomic E-state index is -0.664. The molecule has 0 unspecified atom stereocenters. The van der Waals surface area contributed by atoms with Gasteiger partial charge in [0.05, 0.1) is 16.2 Å². The predicted octanol–water partition coefficient (Wildman–Crippen LogP) is 3.85. The van der Waals surface area contributed by atoms with E-state index < -0.39 is 11.6 Å². The summed E-state index contributed by atoms with van der Waals surface area (Å²) in [6, 6.07) is 3.95. The van der Waals surface area contributed by atoms with Crippen molar-refractivity contribution >= 4 is 28.1 Å². The van der Waals surface area contributed by atoms with Crippen molar-refractivity contribution in [2.24, 2.45) is 0 Å². The quantitative estimate of drug-likeness (QED) is 0.640. The number of nitrogens with one attached hydrogen (secondary N) is 1. The maximum absolute atomic E-state index is 13.7. The first-order chi connectivity index (χ1) is 7.59. The Hall–Kier alpha value is -1.14. The molecule has 0 atom stereocenters. The van der Waals surface area contributed by atoms with Crippen LogP contribution >= 0.6 is 28.1 Å². The van der Waals surface area contributed by atoms with Crippen LogP contribution in [0.3, 0.4) is 0 Å². The molecule has 1 aromatic heterocycles. The van der Waals surface area contributed by atoms with Gasteiger partial charge in [0.25, 0.3) is 0 Å². The Labute approximate surface area is 103 Å². The highest BCUT2D eigenvalue weighted by molar-refractivity contribution is 9.10. The molecule has 0 fully saturated rings. The number of hydrogen-bond acceptors (Lipinski definition) is 2. The van der Waals surface area contributed by atoms with Gasteiger partial charge in [-0.25, -0.2) is 8.78 Å². The highest BCUT2D eigenvalue weighted by atomic mass is 79.9. The summed E-state index contributed by atoms with van der Waals surface area (Å²) in [6.07, 6.45) is 1.32. The van der Waals surface area contributed by atoms with Crippen molar-refractivity contribution in [2.75, 3.05) is 0 Å². The second-order valence-electron chi connectivity index (χ2n) is 3.05. The van der Waals surface area contributed by atoms with Crippen molar-refractivity contribution in [3.8, 4) is 11.1 Å². The molecule has 0 amide bonds. The second-order valence-corrected chi connectivity index (χ2v) is 4.35. The van der Waals surface area contributed by atoms with E-state index in [1.807, 2.05) is 0 Å². The lowest BCUT2D eigenvalue weighted by atomic mass is 10.1. The van der Waals surface area contributed by atoms with E-state index in [9.17, 15) is 8.78 Å². The third-order valence-electron chi connectivity index (χ3n) is 2.00. The van der Waals surface area contributed by atoms with Crippen molar-refractivity contribution < 1.29 is 8.78 Å². The molecule has 1 N–H and O–H groups in total. The first-order valence-electron chi connectivity index (χ1n) is 4.28. The van der Waals surface area contributed by atoms with Crippen molar-refractivity contribution in [2.45, 2.75) is 0 Å². The van der Waals surface area contributed by atoms with Crippen molar-refractivity contribution in [1.82, 2.24) is 10.2 Å². The largest absolute Gasteiger partial charge is 0.268 e. The smallest absolute Gasteiger partial charge is 0.148 e. The summed E-state index contributed by atoms with van der Waals surface area (Å²) in [5, 5.41) is 6.20. The summed E-state index contributed by atoms with van der Waals surface area (Å²) < 4.78 is 27.7. The number of hydrogen-bond donors (Lipinski definition) is 1. The first kappa shape index (κ1) is 11.3. The van der Waals surface area contributed by atoms with Crippen LogP contribution in [-0.2, 0) is 0 Å². The van der Waals surface area contributed by atoms with Gasteiger partial charge in [0.15, 0.2) is 0 Å². The number of benzene rings is 1. The number of aromatic nitrogens is 2. The third kappa shape index (κ3) is 2.03. The van der Waals surface area contributed by atoms with E-state index >= 15 is 0 Å². The molecule has 0 aliphatic heterocycles.